The highest BCUT2D eigenvalue weighted by Crippen LogP contribution is 2.29. The van der Waals surface area contributed by atoms with E-state index in [4.69, 9.17) is 26.5 Å². The lowest BCUT2D eigenvalue weighted by Gasteiger charge is -2.25. The van der Waals surface area contributed by atoms with Gasteiger partial charge in [0.1, 0.15) is 11.3 Å². The molecule has 31 heavy (non-hydrogen) atoms. The summed E-state index contributed by atoms with van der Waals surface area (Å²) in [4.78, 5) is 17.4. The molecule has 3 aromatic carbocycles. The van der Waals surface area contributed by atoms with Gasteiger partial charge in [-0.25, -0.2) is 4.98 Å². The number of nitrogens with two attached hydrogens (primary N) is 1. The number of hydrogen-bond acceptors (Lipinski definition) is 5. The maximum atomic E-state index is 12.8. The number of rotatable bonds is 5. The van der Waals surface area contributed by atoms with Gasteiger partial charge in [0.15, 0.2) is 11.2 Å². The van der Waals surface area contributed by atoms with E-state index in [0.717, 1.165) is 11.1 Å². The van der Waals surface area contributed by atoms with Crippen LogP contribution in [0, 0.1) is 6.92 Å². The number of nitrogens with one attached hydrogen (secondary N) is 1. The summed E-state index contributed by atoms with van der Waals surface area (Å²) < 4.78 is 11.7. The third-order valence-corrected chi connectivity index (χ3v) is 5.16. The lowest BCUT2D eigenvalue weighted by Crippen LogP contribution is -2.42. The number of ether oxygens (including phenoxy) is 1. The molecule has 1 heterocycles. The zero-order valence-corrected chi connectivity index (χ0v) is 18.2. The van der Waals surface area contributed by atoms with Gasteiger partial charge in [-0.05, 0) is 80.9 Å². The van der Waals surface area contributed by atoms with Crippen LogP contribution < -0.4 is 15.8 Å². The maximum Gasteiger partial charge on any atom is 0.267 e. The molecule has 6 nitrogen and oxygen atoms in total. The summed E-state index contributed by atoms with van der Waals surface area (Å²) in [6.07, 6.45) is 0. The molecule has 7 heteroatoms. The molecule has 158 valence electrons. The third kappa shape index (κ3) is 4.49. The smallest absolute Gasteiger partial charge is 0.267 e. The summed E-state index contributed by atoms with van der Waals surface area (Å²) in [5.41, 5.74) is 9.20. The van der Waals surface area contributed by atoms with Crippen LogP contribution in [0.1, 0.15) is 19.4 Å². The van der Waals surface area contributed by atoms with Crippen LogP contribution in [0.3, 0.4) is 0 Å². The molecule has 0 aliphatic rings. The van der Waals surface area contributed by atoms with E-state index in [9.17, 15) is 4.79 Å². The van der Waals surface area contributed by atoms with Gasteiger partial charge in [-0.2, -0.15) is 0 Å². The molecule has 0 bridgehead atoms. The molecule has 4 rings (SSSR count). The minimum absolute atomic E-state index is 0.295. The van der Waals surface area contributed by atoms with Crippen molar-refractivity contribution in [1.29, 1.82) is 0 Å². The summed E-state index contributed by atoms with van der Waals surface area (Å²) in [5, 5.41) is 3.48. The molecule has 1 amide bonds. The lowest BCUT2D eigenvalue weighted by atomic mass is 10.1. The van der Waals surface area contributed by atoms with Crippen molar-refractivity contribution < 1.29 is 13.9 Å². The van der Waals surface area contributed by atoms with Crippen LogP contribution in [0.2, 0.25) is 5.02 Å². The van der Waals surface area contributed by atoms with E-state index in [-0.39, 0.29) is 5.91 Å². The Morgan fingerprint density at radius 2 is 1.84 bits per heavy atom. The number of carbonyl (C=O) groups excluding carboxylic acids is 1. The van der Waals surface area contributed by atoms with Gasteiger partial charge in [0, 0.05) is 22.0 Å². The topological polar surface area (TPSA) is 90.4 Å². The first-order chi connectivity index (χ1) is 14.7. The van der Waals surface area contributed by atoms with Crippen molar-refractivity contribution in [3.05, 3.63) is 71.2 Å². The minimum atomic E-state index is -1.10. The molecule has 0 fully saturated rings. The van der Waals surface area contributed by atoms with Gasteiger partial charge >= 0.3 is 0 Å². The van der Waals surface area contributed by atoms with E-state index in [0.29, 0.717) is 39.1 Å². The molecule has 3 N–H and O–H groups in total. The fraction of sp³-hybridized carbons (Fsp3) is 0.167. The molecule has 0 saturated heterocycles. The van der Waals surface area contributed by atoms with Gasteiger partial charge in [-0.1, -0.05) is 17.7 Å². The number of amides is 1. The molecule has 0 saturated carbocycles. The molecule has 4 aromatic rings. The predicted molar refractivity (Wildman–Crippen MR) is 123 cm³/mol. The van der Waals surface area contributed by atoms with E-state index in [1.165, 1.54) is 0 Å². The van der Waals surface area contributed by atoms with Crippen LogP contribution in [0.5, 0.6) is 5.75 Å². The maximum absolute atomic E-state index is 12.8. The number of halogens is 1. The quantitative estimate of drug-likeness (QED) is 0.384. The molecule has 0 aliphatic heterocycles. The van der Waals surface area contributed by atoms with Gasteiger partial charge in [-0.3, -0.25) is 4.79 Å². The number of nitrogen functional groups attached to an aromatic ring is 1. The van der Waals surface area contributed by atoms with Crippen molar-refractivity contribution in [3.63, 3.8) is 0 Å². The van der Waals surface area contributed by atoms with Crippen molar-refractivity contribution in [2.75, 3.05) is 11.1 Å². The molecule has 0 spiro atoms. The second-order valence-corrected chi connectivity index (χ2v) is 8.23. The first kappa shape index (κ1) is 20.8. The highest BCUT2D eigenvalue weighted by Gasteiger charge is 2.30. The second kappa shape index (κ2) is 7.96. The summed E-state index contributed by atoms with van der Waals surface area (Å²) in [7, 11) is 0. The largest absolute Gasteiger partial charge is 0.478 e. The third-order valence-electron chi connectivity index (χ3n) is 4.91. The van der Waals surface area contributed by atoms with Gasteiger partial charge in [0.2, 0.25) is 5.89 Å². The van der Waals surface area contributed by atoms with Crippen molar-refractivity contribution in [2.45, 2.75) is 26.4 Å². The monoisotopic (exact) mass is 435 g/mol. The first-order valence-corrected chi connectivity index (χ1v) is 10.1. The SMILES string of the molecule is Cc1ccc(-c2nc3cc(NC(=O)C(C)(C)Oc4ccc(Cl)cc4)ccc3o2)cc1N. The van der Waals surface area contributed by atoms with Gasteiger partial charge in [-0.15, -0.1) is 0 Å². The predicted octanol–water partition coefficient (Wildman–Crippen LogP) is 5.83. The van der Waals surface area contributed by atoms with Crippen molar-refractivity contribution in [2.24, 2.45) is 0 Å². The van der Waals surface area contributed by atoms with Crippen LogP contribution in [0.15, 0.2) is 65.1 Å². The normalized spacial score (nSPS) is 11.5. The van der Waals surface area contributed by atoms with E-state index < -0.39 is 5.60 Å². The number of oxazole rings is 1. The van der Waals surface area contributed by atoms with Gasteiger partial charge < -0.3 is 20.2 Å². The lowest BCUT2D eigenvalue weighted by molar-refractivity contribution is -0.128. The summed E-state index contributed by atoms with van der Waals surface area (Å²) in [6.45, 7) is 5.34. The summed E-state index contributed by atoms with van der Waals surface area (Å²) in [5.74, 6) is 0.729. The summed E-state index contributed by atoms with van der Waals surface area (Å²) >= 11 is 5.90. The molecule has 0 radical (unpaired) electrons. The first-order valence-electron chi connectivity index (χ1n) is 9.74. The van der Waals surface area contributed by atoms with E-state index in [2.05, 4.69) is 10.3 Å². The Bertz CT molecular complexity index is 1260. The van der Waals surface area contributed by atoms with Gasteiger partial charge in [0.25, 0.3) is 5.91 Å². The Balaban J connectivity index is 1.53. The highest BCUT2D eigenvalue weighted by molar-refractivity contribution is 6.30. The van der Waals surface area contributed by atoms with E-state index in [1.807, 2.05) is 25.1 Å². The van der Waals surface area contributed by atoms with Crippen molar-refractivity contribution in [3.8, 4) is 17.2 Å². The van der Waals surface area contributed by atoms with Crippen LogP contribution in [-0.4, -0.2) is 16.5 Å². The number of fused-ring (bicyclic) bond motifs is 1. The standard InChI is InChI=1S/C24H22ClN3O3/c1-14-4-5-15(12-19(14)26)22-28-20-13-17(8-11-21(20)30-22)27-23(29)24(2,3)31-18-9-6-16(25)7-10-18/h4-13H,26H2,1-3H3,(H,27,29). The fourth-order valence-corrected chi connectivity index (χ4v) is 3.15. The number of aryl methyl sites for hydroxylation is 1. The zero-order valence-electron chi connectivity index (χ0n) is 17.4. The number of carbonyl (C=O) groups is 1. The average molecular weight is 436 g/mol. The molecule has 0 atom stereocenters. The number of hydrogen-bond donors (Lipinski definition) is 2. The number of anilines is 2. The zero-order chi connectivity index (χ0) is 22.2. The number of aromatic nitrogens is 1. The average Bonchev–Trinajstić information content (AvgIpc) is 3.15. The molecule has 0 unspecified atom stereocenters. The molecular weight excluding hydrogens is 414 g/mol. The van der Waals surface area contributed by atoms with E-state index in [1.54, 1.807) is 56.3 Å². The van der Waals surface area contributed by atoms with Crippen LogP contribution in [0.25, 0.3) is 22.6 Å². The highest BCUT2D eigenvalue weighted by atomic mass is 35.5. The Labute approximate surface area is 185 Å². The summed E-state index contributed by atoms with van der Waals surface area (Å²) in [6, 6.07) is 17.8. The Hall–Kier alpha value is -3.51. The number of benzene rings is 3. The Kier molecular flexibility index (Phi) is 5.33. The van der Waals surface area contributed by atoms with Crippen LogP contribution >= 0.6 is 11.6 Å². The second-order valence-electron chi connectivity index (χ2n) is 7.79. The minimum Gasteiger partial charge on any atom is -0.478 e. The fourth-order valence-electron chi connectivity index (χ4n) is 3.03. The van der Waals surface area contributed by atoms with Crippen LogP contribution in [-0.2, 0) is 4.79 Å². The van der Waals surface area contributed by atoms with Crippen LogP contribution in [0.4, 0.5) is 11.4 Å². The van der Waals surface area contributed by atoms with Crippen molar-refractivity contribution >= 4 is 40.0 Å². The Morgan fingerprint density at radius 3 is 2.55 bits per heavy atom. The molecule has 0 aliphatic carbocycles. The number of nitrogens with zero attached hydrogens (tertiary/aromatic N) is 1. The van der Waals surface area contributed by atoms with Gasteiger partial charge in [0.05, 0.1) is 0 Å². The Morgan fingerprint density at radius 1 is 1.10 bits per heavy atom. The van der Waals surface area contributed by atoms with E-state index >= 15 is 0 Å². The molecular formula is C24H22ClN3O3. The van der Waals surface area contributed by atoms with Crippen molar-refractivity contribution in [1.82, 2.24) is 4.98 Å². The molecule has 1 aromatic heterocycles.